The monoisotopic (exact) mass is 300 g/mol. The van der Waals surface area contributed by atoms with Gasteiger partial charge in [-0.25, -0.2) is 9.97 Å². The number of hydrogen-bond donors (Lipinski definition) is 1. The van der Waals surface area contributed by atoms with Crippen LogP contribution in [0.5, 0.6) is 0 Å². The fourth-order valence-electron chi connectivity index (χ4n) is 1.39. The SMILES string of the molecule is CCN(CC(=O)NC(C)C)c1cc(Br)ncn1. The highest BCUT2D eigenvalue weighted by atomic mass is 79.9. The summed E-state index contributed by atoms with van der Waals surface area (Å²) in [6, 6.07) is 1.95. The summed E-state index contributed by atoms with van der Waals surface area (Å²) in [6.07, 6.45) is 1.47. The van der Waals surface area contributed by atoms with E-state index in [1.54, 1.807) is 6.07 Å². The third-order valence-electron chi connectivity index (χ3n) is 2.11. The highest BCUT2D eigenvalue weighted by Crippen LogP contribution is 2.13. The average molecular weight is 301 g/mol. The minimum atomic E-state index is -0.00316. The summed E-state index contributed by atoms with van der Waals surface area (Å²) in [6.45, 7) is 6.89. The van der Waals surface area contributed by atoms with Crippen LogP contribution in [0.1, 0.15) is 20.8 Å². The first kappa shape index (κ1) is 13.9. The van der Waals surface area contributed by atoms with Crippen LogP contribution in [0.15, 0.2) is 17.0 Å². The number of carbonyl (C=O) groups is 1. The van der Waals surface area contributed by atoms with Crippen LogP contribution in [0.4, 0.5) is 5.82 Å². The van der Waals surface area contributed by atoms with E-state index in [0.29, 0.717) is 11.1 Å². The van der Waals surface area contributed by atoms with Gasteiger partial charge in [0, 0.05) is 18.7 Å². The number of likely N-dealkylation sites (N-methyl/N-ethyl adjacent to an activating group) is 1. The molecule has 0 aromatic carbocycles. The van der Waals surface area contributed by atoms with E-state index in [1.165, 1.54) is 6.33 Å². The van der Waals surface area contributed by atoms with E-state index in [0.717, 1.165) is 12.4 Å². The van der Waals surface area contributed by atoms with Crippen molar-refractivity contribution < 1.29 is 4.79 Å². The molecule has 1 aromatic heterocycles. The molecule has 1 rings (SSSR count). The first-order chi connectivity index (χ1) is 8.02. The Morgan fingerprint density at radius 2 is 2.24 bits per heavy atom. The molecule has 0 unspecified atom stereocenters. The van der Waals surface area contributed by atoms with Crippen LogP contribution in [0.3, 0.4) is 0 Å². The quantitative estimate of drug-likeness (QED) is 0.839. The van der Waals surface area contributed by atoms with Crippen molar-refractivity contribution in [1.82, 2.24) is 15.3 Å². The number of nitrogens with zero attached hydrogens (tertiary/aromatic N) is 3. The maximum Gasteiger partial charge on any atom is 0.239 e. The highest BCUT2D eigenvalue weighted by molar-refractivity contribution is 9.10. The number of carbonyl (C=O) groups excluding carboxylic acids is 1. The molecule has 0 atom stereocenters. The Morgan fingerprint density at radius 1 is 1.53 bits per heavy atom. The summed E-state index contributed by atoms with van der Waals surface area (Å²) in [5.74, 6) is 0.741. The third kappa shape index (κ3) is 4.68. The maximum atomic E-state index is 11.7. The van der Waals surface area contributed by atoms with Gasteiger partial charge in [0.1, 0.15) is 16.7 Å². The van der Waals surface area contributed by atoms with Crippen molar-refractivity contribution >= 4 is 27.7 Å². The Bertz CT molecular complexity index is 383. The molecule has 0 aliphatic heterocycles. The zero-order valence-electron chi connectivity index (χ0n) is 10.3. The van der Waals surface area contributed by atoms with Crippen LogP contribution in [0.2, 0.25) is 0 Å². The van der Waals surface area contributed by atoms with Crippen LogP contribution in [-0.2, 0) is 4.79 Å². The van der Waals surface area contributed by atoms with Crippen molar-refractivity contribution in [3.8, 4) is 0 Å². The van der Waals surface area contributed by atoms with Crippen molar-refractivity contribution in [2.24, 2.45) is 0 Å². The molecule has 1 amide bonds. The summed E-state index contributed by atoms with van der Waals surface area (Å²) >= 11 is 3.29. The Morgan fingerprint density at radius 3 is 2.76 bits per heavy atom. The topological polar surface area (TPSA) is 58.1 Å². The molecule has 17 heavy (non-hydrogen) atoms. The highest BCUT2D eigenvalue weighted by Gasteiger charge is 2.12. The van der Waals surface area contributed by atoms with E-state index in [2.05, 4.69) is 31.2 Å². The fraction of sp³-hybridized carbons (Fsp3) is 0.545. The third-order valence-corrected chi connectivity index (χ3v) is 2.54. The predicted octanol–water partition coefficient (Wildman–Crippen LogP) is 1.59. The van der Waals surface area contributed by atoms with Gasteiger partial charge in [0.15, 0.2) is 0 Å². The summed E-state index contributed by atoms with van der Waals surface area (Å²) in [4.78, 5) is 21.7. The molecule has 0 radical (unpaired) electrons. The second kappa shape index (κ2) is 6.54. The minimum Gasteiger partial charge on any atom is -0.352 e. The van der Waals surface area contributed by atoms with Crippen molar-refractivity contribution in [2.75, 3.05) is 18.0 Å². The molecule has 0 bridgehead atoms. The Hall–Kier alpha value is -1.17. The molecular weight excluding hydrogens is 284 g/mol. The Kier molecular flexibility index (Phi) is 5.34. The second-order valence-electron chi connectivity index (χ2n) is 3.94. The van der Waals surface area contributed by atoms with Crippen molar-refractivity contribution in [2.45, 2.75) is 26.8 Å². The van der Waals surface area contributed by atoms with Crippen molar-refractivity contribution in [1.29, 1.82) is 0 Å². The molecule has 0 aliphatic carbocycles. The minimum absolute atomic E-state index is 0.00316. The summed E-state index contributed by atoms with van der Waals surface area (Å²) in [7, 11) is 0. The van der Waals surface area contributed by atoms with Gasteiger partial charge in [-0.05, 0) is 36.7 Å². The average Bonchev–Trinajstić information content (AvgIpc) is 2.24. The van der Waals surface area contributed by atoms with Crippen molar-refractivity contribution in [3.05, 3.63) is 17.0 Å². The normalized spacial score (nSPS) is 10.4. The number of amides is 1. The smallest absolute Gasteiger partial charge is 0.239 e. The number of anilines is 1. The van der Waals surface area contributed by atoms with Crippen LogP contribution < -0.4 is 10.2 Å². The summed E-state index contributed by atoms with van der Waals surface area (Å²) in [5, 5.41) is 2.86. The van der Waals surface area contributed by atoms with E-state index in [9.17, 15) is 4.79 Å². The van der Waals surface area contributed by atoms with Crippen LogP contribution >= 0.6 is 15.9 Å². The van der Waals surface area contributed by atoms with Gasteiger partial charge in [0.2, 0.25) is 5.91 Å². The molecule has 0 saturated heterocycles. The van der Waals surface area contributed by atoms with E-state index >= 15 is 0 Å². The largest absolute Gasteiger partial charge is 0.352 e. The van der Waals surface area contributed by atoms with E-state index < -0.39 is 0 Å². The zero-order chi connectivity index (χ0) is 12.8. The summed E-state index contributed by atoms with van der Waals surface area (Å²) < 4.78 is 0.713. The standard InChI is InChI=1S/C11H17BrN4O/c1-4-16(6-11(17)15-8(2)3)10-5-9(12)13-7-14-10/h5,7-8H,4,6H2,1-3H3,(H,15,17). The van der Waals surface area contributed by atoms with Crippen molar-refractivity contribution in [3.63, 3.8) is 0 Å². The molecule has 0 saturated carbocycles. The lowest BCUT2D eigenvalue weighted by Gasteiger charge is -2.21. The Labute approximate surface area is 110 Å². The predicted molar refractivity (Wildman–Crippen MR) is 70.9 cm³/mol. The molecule has 6 heteroatoms. The first-order valence-corrected chi connectivity index (χ1v) is 6.34. The lowest BCUT2D eigenvalue weighted by Crippen LogP contribution is -2.40. The van der Waals surface area contributed by atoms with Crippen LogP contribution in [0.25, 0.3) is 0 Å². The molecule has 1 N–H and O–H groups in total. The van der Waals surface area contributed by atoms with Gasteiger partial charge >= 0.3 is 0 Å². The molecular formula is C11H17BrN4O. The van der Waals surface area contributed by atoms with Gasteiger partial charge in [0.25, 0.3) is 0 Å². The van der Waals surface area contributed by atoms with Gasteiger partial charge < -0.3 is 10.2 Å². The molecule has 1 aromatic rings. The summed E-state index contributed by atoms with van der Waals surface area (Å²) in [5.41, 5.74) is 0. The van der Waals surface area contributed by atoms with Gasteiger partial charge in [-0.2, -0.15) is 0 Å². The van der Waals surface area contributed by atoms with E-state index in [4.69, 9.17) is 0 Å². The first-order valence-electron chi connectivity index (χ1n) is 5.54. The second-order valence-corrected chi connectivity index (χ2v) is 4.75. The van der Waals surface area contributed by atoms with Gasteiger partial charge in [0.05, 0.1) is 6.54 Å². The van der Waals surface area contributed by atoms with E-state index in [1.807, 2.05) is 25.7 Å². The number of halogens is 1. The molecule has 5 nitrogen and oxygen atoms in total. The van der Waals surface area contributed by atoms with Crippen LogP contribution in [0, 0.1) is 0 Å². The van der Waals surface area contributed by atoms with Crippen LogP contribution in [-0.4, -0.2) is 35.0 Å². The molecule has 94 valence electrons. The molecule has 0 aliphatic rings. The number of rotatable bonds is 5. The number of nitrogens with one attached hydrogen (secondary N) is 1. The lowest BCUT2D eigenvalue weighted by atomic mass is 10.3. The number of aromatic nitrogens is 2. The van der Waals surface area contributed by atoms with Gasteiger partial charge in [-0.15, -0.1) is 0 Å². The van der Waals surface area contributed by atoms with Gasteiger partial charge in [-0.1, -0.05) is 0 Å². The Balaban J connectivity index is 2.69. The molecule has 1 heterocycles. The fourth-order valence-corrected chi connectivity index (χ4v) is 1.69. The molecule has 0 spiro atoms. The molecule has 0 fully saturated rings. The number of hydrogen-bond acceptors (Lipinski definition) is 4. The van der Waals surface area contributed by atoms with E-state index in [-0.39, 0.29) is 11.9 Å². The maximum absolute atomic E-state index is 11.7. The lowest BCUT2D eigenvalue weighted by molar-refractivity contribution is -0.120. The van der Waals surface area contributed by atoms with Gasteiger partial charge in [-0.3, -0.25) is 4.79 Å². The zero-order valence-corrected chi connectivity index (χ0v) is 11.9.